The van der Waals surface area contributed by atoms with Gasteiger partial charge in [0, 0.05) is 18.5 Å². The van der Waals surface area contributed by atoms with Crippen molar-refractivity contribution in [2.45, 2.75) is 38.6 Å². The lowest BCUT2D eigenvalue weighted by Gasteiger charge is -2.20. The summed E-state index contributed by atoms with van der Waals surface area (Å²) in [5.74, 6) is 1.94. The van der Waals surface area contributed by atoms with Crippen LogP contribution in [0.15, 0.2) is 34.7 Å². The van der Waals surface area contributed by atoms with Crippen molar-refractivity contribution in [1.29, 1.82) is 0 Å². The number of likely N-dealkylation sites (N-methyl/N-ethyl adjacent to an activating group) is 1. The average molecular weight is 327 g/mol. The smallest absolute Gasteiger partial charge is 0.233 e. The largest absolute Gasteiger partial charge is 0.443 e. The summed E-state index contributed by atoms with van der Waals surface area (Å²) in [6.45, 7) is 5.53. The van der Waals surface area contributed by atoms with Gasteiger partial charge >= 0.3 is 0 Å². The van der Waals surface area contributed by atoms with Crippen LogP contribution in [0.25, 0.3) is 11.3 Å². The van der Waals surface area contributed by atoms with Gasteiger partial charge in [-0.3, -0.25) is 9.69 Å². The van der Waals surface area contributed by atoms with Crippen molar-refractivity contribution in [3.05, 3.63) is 42.0 Å². The highest BCUT2D eigenvalue weighted by Crippen LogP contribution is 2.36. The summed E-state index contributed by atoms with van der Waals surface area (Å²) >= 11 is 0. The standard InChI is InChI=1S/C19H25N3O2/c1-13(2)18-17(14-8-5-4-6-9-14)21-19(24-18)15-10-7-11-22(15)12-16(23)20-3/h4-6,8-9,13,15H,7,10-12H2,1-3H3,(H,20,23). The van der Waals surface area contributed by atoms with E-state index in [4.69, 9.17) is 9.40 Å². The molecule has 1 atom stereocenters. The number of nitrogens with one attached hydrogen (secondary N) is 1. The topological polar surface area (TPSA) is 58.4 Å². The Bertz CT molecular complexity index is 694. The van der Waals surface area contributed by atoms with Gasteiger partial charge in [-0.15, -0.1) is 0 Å². The van der Waals surface area contributed by atoms with Crippen molar-refractivity contribution >= 4 is 5.91 Å². The van der Waals surface area contributed by atoms with Crippen molar-refractivity contribution in [3.8, 4) is 11.3 Å². The molecule has 0 radical (unpaired) electrons. The van der Waals surface area contributed by atoms with Gasteiger partial charge in [-0.1, -0.05) is 44.2 Å². The van der Waals surface area contributed by atoms with Crippen LogP contribution in [-0.4, -0.2) is 35.9 Å². The lowest BCUT2D eigenvalue weighted by molar-refractivity contribution is -0.122. The highest BCUT2D eigenvalue weighted by atomic mass is 16.4. The molecule has 5 nitrogen and oxygen atoms in total. The SMILES string of the molecule is CNC(=O)CN1CCCC1c1nc(-c2ccccc2)c(C(C)C)o1. The molecule has 0 saturated carbocycles. The van der Waals surface area contributed by atoms with E-state index < -0.39 is 0 Å². The van der Waals surface area contributed by atoms with E-state index in [-0.39, 0.29) is 17.9 Å². The molecule has 1 fully saturated rings. The first-order chi connectivity index (χ1) is 11.6. The van der Waals surface area contributed by atoms with E-state index in [1.807, 2.05) is 18.2 Å². The van der Waals surface area contributed by atoms with Gasteiger partial charge in [0.2, 0.25) is 11.8 Å². The molecule has 1 aromatic carbocycles. The molecule has 128 valence electrons. The molecule has 1 aliphatic heterocycles. The number of aromatic nitrogens is 1. The number of benzene rings is 1. The van der Waals surface area contributed by atoms with Crippen LogP contribution >= 0.6 is 0 Å². The van der Waals surface area contributed by atoms with Crippen molar-refractivity contribution in [1.82, 2.24) is 15.2 Å². The van der Waals surface area contributed by atoms with E-state index in [1.54, 1.807) is 7.05 Å². The molecule has 1 unspecified atom stereocenters. The summed E-state index contributed by atoms with van der Waals surface area (Å²) in [5.41, 5.74) is 2.00. The van der Waals surface area contributed by atoms with Gasteiger partial charge in [0.25, 0.3) is 0 Å². The Morgan fingerprint density at radius 2 is 2.12 bits per heavy atom. The Balaban J connectivity index is 1.92. The highest BCUT2D eigenvalue weighted by Gasteiger charge is 2.32. The molecule has 5 heteroatoms. The zero-order valence-electron chi connectivity index (χ0n) is 14.6. The van der Waals surface area contributed by atoms with Gasteiger partial charge in [-0.05, 0) is 19.4 Å². The van der Waals surface area contributed by atoms with Crippen LogP contribution in [0, 0.1) is 0 Å². The summed E-state index contributed by atoms with van der Waals surface area (Å²) in [7, 11) is 1.67. The fourth-order valence-electron chi connectivity index (χ4n) is 3.24. The molecule has 1 saturated heterocycles. The Labute approximate surface area is 143 Å². The molecule has 2 aromatic rings. The zero-order valence-corrected chi connectivity index (χ0v) is 14.6. The van der Waals surface area contributed by atoms with E-state index in [9.17, 15) is 4.79 Å². The number of hydrogen-bond acceptors (Lipinski definition) is 4. The average Bonchev–Trinajstić information content (AvgIpc) is 3.22. The van der Waals surface area contributed by atoms with Gasteiger partial charge in [-0.2, -0.15) is 0 Å². The van der Waals surface area contributed by atoms with Crippen LogP contribution < -0.4 is 5.32 Å². The number of carbonyl (C=O) groups is 1. The summed E-state index contributed by atoms with van der Waals surface area (Å²) in [6, 6.07) is 10.2. The fraction of sp³-hybridized carbons (Fsp3) is 0.474. The normalized spacial score (nSPS) is 18.2. The first kappa shape index (κ1) is 16.7. The third-order valence-corrected chi connectivity index (χ3v) is 4.52. The highest BCUT2D eigenvalue weighted by molar-refractivity contribution is 5.77. The summed E-state index contributed by atoms with van der Waals surface area (Å²) in [4.78, 5) is 18.7. The van der Waals surface area contributed by atoms with E-state index >= 15 is 0 Å². The molecule has 0 spiro atoms. The maximum absolute atomic E-state index is 11.7. The molecule has 2 heterocycles. The van der Waals surface area contributed by atoms with E-state index in [1.165, 1.54) is 0 Å². The van der Waals surface area contributed by atoms with Crippen LogP contribution in [0.2, 0.25) is 0 Å². The molecule has 1 N–H and O–H groups in total. The molecule has 1 aromatic heterocycles. The summed E-state index contributed by atoms with van der Waals surface area (Å²) in [6.07, 6.45) is 2.03. The second-order valence-corrected chi connectivity index (χ2v) is 6.59. The minimum atomic E-state index is 0.0285. The molecule has 24 heavy (non-hydrogen) atoms. The number of amides is 1. The number of rotatable bonds is 5. The monoisotopic (exact) mass is 327 g/mol. The number of carbonyl (C=O) groups excluding carboxylic acids is 1. The van der Waals surface area contributed by atoms with Crippen LogP contribution in [0.5, 0.6) is 0 Å². The number of nitrogens with zero attached hydrogens (tertiary/aromatic N) is 2. The van der Waals surface area contributed by atoms with Crippen LogP contribution in [0.1, 0.15) is 50.3 Å². The molecule has 0 bridgehead atoms. The van der Waals surface area contributed by atoms with E-state index in [2.05, 4.69) is 36.2 Å². The van der Waals surface area contributed by atoms with Crippen molar-refractivity contribution in [3.63, 3.8) is 0 Å². The fourth-order valence-corrected chi connectivity index (χ4v) is 3.24. The molecule has 3 rings (SSSR count). The lowest BCUT2D eigenvalue weighted by Crippen LogP contribution is -2.35. The maximum Gasteiger partial charge on any atom is 0.233 e. The van der Waals surface area contributed by atoms with Crippen molar-refractivity contribution < 1.29 is 9.21 Å². The van der Waals surface area contributed by atoms with Crippen molar-refractivity contribution in [2.75, 3.05) is 20.1 Å². The van der Waals surface area contributed by atoms with Gasteiger partial charge in [-0.25, -0.2) is 4.98 Å². The third-order valence-electron chi connectivity index (χ3n) is 4.52. The zero-order chi connectivity index (χ0) is 17.1. The summed E-state index contributed by atoms with van der Waals surface area (Å²) in [5, 5.41) is 2.69. The molecule has 1 amide bonds. The van der Waals surface area contributed by atoms with Gasteiger partial charge < -0.3 is 9.73 Å². The van der Waals surface area contributed by atoms with Crippen LogP contribution in [0.4, 0.5) is 0 Å². The molecular formula is C19H25N3O2. The van der Waals surface area contributed by atoms with E-state index in [0.717, 1.165) is 42.3 Å². The van der Waals surface area contributed by atoms with Gasteiger partial charge in [0.15, 0.2) is 0 Å². The van der Waals surface area contributed by atoms with Crippen LogP contribution in [0.3, 0.4) is 0 Å². The van der Waals surface area contributed by atoms with E-state index in [0.29, 0.717) is 6.54 Å². The number of hydrogen-bond donors (Lipinski definition) is 1. The molecule has 0 aliphatic carbocycles. The second kappa shape index (κ2) is 7.18. The maximum atomic E-state index is 11.7. The predicted octanol–water partition coefficient (Wildman–Crippen LogP) is 3.35. The Morgan fingerprint density at radius 1 is 1.38 bits per heavy atom. The van der Waals surface area contributed by atoms with Gasteiger partial charge in [0.05, 0.1) is 12.6 Å². The second-order valence-electron chi connectivity index (χ2n) is 6.59. The molecular weight excluding hydrogens is 302 g/mol. The minimum absolute atomic E-state index is 0.0285. The van der Waals surface area contributed by atoms with Crippen LogP contribution in [-0.2, 0) is 4.79 Å². The number of oxazole rings is 1. The minimum Gasteiger partial charge on any atom is -0.443 e. The van der Waals surface area contributed by atoms with Crippen molar-refractivity contribution in [2.24, 2.45) is 0 Å². The predicted molar refractivity (Wildman–Crippen MR) is 93.6 cm³/mol. The summed E-state index contributed by atoms with van der Waals surface area (Å²) < 4.78 is 6.18. The number of likely N-dealkylation sites (tertiary alicyclic amines) is 1. The quantitative estimate of drug-likeness (QED) is 0.915. The Kier molecular flexibility index (Phi) is 5.00. The lowest BCUT2D eigenvalue weighted by atomic mass is 10.0. The Hall–Kier alpha value is -2.14. The first-order valence-electron chi connectivity index (χ1n) is 8.60. The first-order valence-corrected chi connectivity index (χ1v) is 8.60. The van der Waals surface area contributed by atoms with Gasteiger partial charge in [0.1, 0.15) is 11.5 Å². The third kappa shape index (κ3) is 3.36. The molecule has 1 aliphatic rings. The Morgan fingerprint density at radius 3 is 2.79 bits per heavy atom.